The fourth-order valence-corrected chi connectivity index (χ4v) is 3.17. The molecular weight excluding hydrogens is 318 g/mol. The van der Waals surface area contributed by atoms with Gasteiger partial charge in [-0.05, 0) is 42.9 Å². The van der Waals surface area contributed by atoms with Gasteiger partial charge >= 0.3 is 6.03 Å². The number of likely N-dealkylation sites (tertiary alicyclic amines) is 1. The SMILES string of the molecule is CCOc1cc(CNC(=O)N2CC[C@H](Cc3cnn(C)c3)C2)ccn1. The second-order valence-electron chi connectivity index (χ2n) is 6.42. The number of carbonyl (C=O) groups is 1. The van der Waals surface area contributed by atoms with E-state index in [1.165, 1.54) is 5.56 Å². The molecule has 2 aromatic heterocycles. The fraction of sp³-hybridized carbons (Fsp3) is 0.500. The molecule has 1 aliphatic heterocycles. The van der Waals surface area contributed by atoms with Crippen molar-refractivity contribution in [2.45, 2.75) is 26.3 Å². The molecule has 1 fully saturated rings. The Morgan fingerprint density at radius 2 is 2.32 bits per heavy atom. The summed E-state index contributed by atoms with van der Waals surface area (Å²) in [5, 5.41) is 7.19. The van der Waals surface area contributed by atoms with E-state index in [0.717, 1.165) is 31.5 Å². The van der Waals surface area contributed by atoms with Crippen molar-refractivity contribution in [2.75, 3.05) is 19.7 Å². The van der Waals surface area contributed by atoms with E-state index in [1.807, 2.05) is 48.1 Å². The Morgan fingerprint density at radius 3 is 3.08 bits per heavy atom. The summed E-state index contributed by atoms with van der Waals surface area (Å²) < 4.78 is 7.20. The van der Waals surface area contributed by atoms with Crippen LogP contribution in [0.3, 0.4) is 0 Å². The normalized spacial score (nSPS) is 16.9. The van der Waals surface area contributed by atoms with E-state index in [2.05, 4.69) is 15.4 Å². The first-order valence-corrected chi connectivity index (χ1v) is 8.72. The van der Waals surface area contributed by atoms with E-state index < -0.39 is 0 Å². The molecule has 0 aliphatic carbocycles. The van der Waals surface area contributed by atoms with Crippen LogP contribution in [0.5, 0.6) is 5.88 Å². The van der Waals surface area contributed by atoms with Gasteiger partial charge in [-0.15, -0.1) is 0 Å². The number of urea groups is 1. The van der Waals surface area contributed by atoms with Crippen LogP contribution in [0.25, 0.3) is 0 Å². The second kappa shape index (κ2) is 8.00. The molecule has 1 N–H and O–H groups in total. The average molecular weight is 343 g/mol. The lowest BCUT2D eigenvalue weighted by molar-refractivity contribution is 0.206. The first-order valence-electron chi connectivity index (χ1n) is 8.72. The van der Waals surface area contributed by atoms with Crippen molar-refractivity contribution in [2.24, 2.45) is 13.0 Å². The van der Waals surface area contributed by atoms with E-state index in [0.29, 0.717) is 24.9 Å². The highest BCUT2D eigenvalue weighted by molar-refractivity contribution is 5.74. The van der Waals surface area contributed by atoms with Crippen molar-refractivity contribution in [3.05, 3.63) is 41.9 Å². The highest BCUT2D eigenvalue weighted by atomic mass is 16.5. The zero-order valence-electron chi connectivity index (χ0n) is 14.8. The van der Waals surface area contributed by atoms with E-state index in [-0.39, 0.29) is 6.03 Å². The number of nitrogens with zero attached hydrogens (tertiary/aromatic N) is 4. The average Bonchev–Trinajstić information content (AvgIpc) is 3.23. The Bertz CT molecular complexity index is 715. The zero-order valence-corrected chi connectivity index (χ0v) is 14.8. The monoisotopic (exact) mass is 343 g/mol. The first kappa shape index (κ1) is 17.3. The van der Waals surface area contributed by atoms with Crippen LogP contribution in [0.1, 0.15) is 24.5 Å². The summed E-state index contributed by atoms with van der Waals surface area (Å²) >= 11 is 0. The lowest BCUT2D eigenvalue weighted by Gasteiger charge is -2.17. The molecule has 1 aliphatic rings. The van der Waals surface area contributed by atoms with Gasteiger partial charge in [-0.25, -0.2) is 9.78 Å². The summed E-state index contributed by atoms with van der Waals surface area (Å²) in [6.45, 7) is 4.57. The molecule has 0 radical (unpaired) electrons. The number of hydrogen-bond acceptors (Lipinski definition) is 4. The van der Waals surface area contributed by atoms with Gasteiger partial charge in [0.05, 0.1) is 12.8 Å². The summed E-state index contributed by atoms with van der Waals surface area (Å²) in [5.41, 5.74) is 2.22. The number of hydrogen-bond donors (Lipinski definition) is 1. The van der Waals surface area contributed by atoms with E-state index >= 15 is 0 Å². The van der Waals surface area contributed by atoms with Crippen molar-refractivity contribution >= 4 is 6.03 Å². The molecule has 3 rings (SSSR count). The van der Waals surface area contributed by atoms with Crippen LogP contribution < -0.4 is 10.1 Å². The van der Waals surface area contributed by atoms with Gasteiger partial charge < -0.3 is 15.0 Å². The van der Waals surface area contributed by atoms with Gasteiger partial charge in [0.15, 0.2) is 0 Å². The van der Waals surface area contributed by atoms with E-state index in [4.69, 9.17) is 4.74 Å². The number of carbonyl (C=O) groups excluding carboxylic acids is 1. The molecule has 134 valence electrons. The fourth-order valence-electron chi connectivity index (χ4n) is 3.17. The molecule has 1 atom stereocenters. The standard InChI is InChI=1S/C18H25N5O2/c1-3-25-17-9-14(4-6-19-17)10-20-18(24)23-7-5-15(13-23)8-16-11-21-22(2)12-16/h4,6,9,11-12,15H,3,5,7-8,10,13H2,1-2H3,(H,20,24)/t15-/m1/s1. The molecule has 2 amide bonds. The van der Waals surface area contributed by atoms with Crippen molar-refractivity contribution in [1.82, 2.24) is 25.0 Å². The van der Waals surface area contributed by atoms with Crippen LogP contribution in [-0.2, 0) is 20.0 Å². The minimum Gasteiger partial charge on any atom is -0.478 e. The van der Waals surface area contributed by atoms with Gasteiger partial charge in [-0.3, -0.25) is 4.68 Å². The maximum atomic E-state index is 12.4. The molecule has 2 aromatic rings. The van der Waals surface area contributed by atoms with Gasteiger partial charge in [0.1, 0.15) is 0 Å². The van der Waals surface area contributed by atoms with Crippen LogP contribution in [0.2, 0.25) is 0 Å². The number of rotatable bonds is 6. The van der Waals surface area contributed by atoms with Crippen LogP contribution in [0.4, 0.5) is 4.79 Å². The Morgan fingerprint density at radius 1 is 1.44 bits per heavy atom. The summed E-state index contributed by atoms with van der Waals surface area (Å²) in [6, 6.07) is 3.74. The van der Waals surface area contributed by atoms with Crippen LogP contribution >= 0.6 is 0 Å². The van der Waals surface area contributed by atoms with E-state index in [1.54, 1.807) is 6.20 Å². The quantitative estimate of drug-likeness (QED) is 0.871. The smallest absolute Gasteiger partial charge is 0.317 e. The minimum absolute atomic E-state index is 0.0107. The Labute approximate surface area is 148 Å². The highest BCUT2D eigenvalue weighted by Gasteiger charge is 2.26. The minimum atomic E-state index is -0.0107. The maximum absolute atomic E-state index is 12.4. The topological polar surface area (TPSA) is 72.3 Å². The predicted octanol–water partition coefficient (Wildman–Crippen LogP) is 1.99. The largest absolute Gasteiger partial charge is 0.478 e. The lowest BCUT2D eigenvalue weighted by atomic mass is 10.0. The van der Waals surface area contributed by atoms with Gasteiger partial charge in [0.2, 0.25) is 5.88 Å². The lowest BCUT2D eigenvalue weighted by Crippen LogP contribution is -2.38. The van der Waals surface area contributed by atoms with Gasteiger partial charge in [0, 0.05) is 45.1 Å². The number of amides is 2. The third-order valence-electron chi connectivity index (χ3n) is 4.39. The second-order valence-corrected chi connectivity index (χ2v) is 6.42. The Hall–Kier alpha value is -2.57. The number of pyridine rings is 1. The third kappa shape index (κ3) is 4.71. The maximum Gasteiger partial charge on any atom is 0.317 e. The van der Waals surface area contributed by atoms with E-state index in [9.17, 15) is 4.79 Å². The third-order valence-corrected chi connectivity index (χ3v) is 4.39. The predicted molar refractivity (Wildman–Crippen MR) is 94.2 cm³/mol. The van der Waals surface area contributed by atoms with Crippen molar-refractivity contribution in [3.8, 4) is 5.88 Å². The Kier molecular flexibility index (Phi) is 5.53. The molecule has 1 saturated heterocycles. The molecule has 0 saturated carbocycles. The number of ether oxygens (including phenoxy) is 1. The summed E-state index contributed by atoms with van der Waals surface area (Å²) in [5.74, 6) is 1.09. The zero-order chi connectivity index (χ0) is 17.6. The van der Waals surface area contributed by atoms with Crippen LogP contribution in [0, 0.1) is 5.92 Å². The molecule has 7 nitrogen and oxygen atoms in total. The van der Waals surface area contributed by atoms with Crippen molar-refractivity contribution in [3.63, 3.8) is 0 Å². The molecule has 3 heterocycles. The molecule has 7 heteroatoms. The van der Waals surface area contributed by atoms with Gasteiger partial charge in [-0.2, -0.15) is 5.10 Å². The summed E-state index contributed by atoms with van der Waals surface area (Å²) in [6.07, 6.45) is 7.66. The highest BCUT2D eigenvalue weighted by Crippen LogP contribution is 2.20. The summed E-state index contributed by atoms with van der Waals surface area (Å²) in [7, 11) is 1.92. The Balaban J connectivity index is 1.46. The number of aryl methyl sites for hydroxylation is 1. The molecule has 0 spiro atoms. The van der Waals surface area contributed by atoms with Gasteiger partial charge in [-0.1, -0.05) is 0 Å². The molecule has 25 heavy (non-hydrogen) atoms. The number of nitrogens with one attached hydrogen (secondary N) is 1. The first-order chi connectivity index (χ1) is 12.1. The molecule has 0 unspecified atom stereocenters. The van der Waals surface area contributed by atoms with Crippen molar-refractivity contribution in [1.29, 1.82) is 0 Å². The summed E-state index contributed by atoms with van der Waals surface area (Å²) in [4.78, 5) is 18.4. The number of aromatic nitrogens is 3. The molecule has 0 bridgehead atoms. The van der Waals surface area contributed by atoms with Crippen molar-refractivity contribution < 1.29 is 9.53 Å². The van der Waals surface area contributed by atoms with Crippen LogP contribution in [0.15, 0.2) is 30.7 Å². The van der Waals surface area contributed by atoms with Crippen LogP contribution in [-0.4, -0.2) is 45.4 Å². The molecular formula is C18H25N5O2. The molecule has 0 aromatic carbocycles. The van der Waals surface area contributed by atoms with Gasteiger partial charge in [0.25, 0.3) is 0 Å².